The van der Waals surface area contributed by atoms with E-state index in [9.17, 15) is 0 Å². The third-order valence-corrected chi connectivity index (χ3v) is 13.5. The topological polar surface area (TPSA) is 16.4 Å². The zero-order valence-electron chi connectivity index (χ0n) is 31.3. The maximum absolute atomic E-state index is 6.60. The van der Waals surface area contributed by atoms with Gasteiger partial charge >= 0.3 is 0 Å². The Hall–Kier alpha value is -6.68. The SMILES string of the molecule is C1=CCCC(N(c2ccc(-c3cc(C4Cc5ccccc5-c5cc6ccccc6cc54)cc4c3sc3ccccc34)cc2)c2cccc3c2oc2ccccc23)=C1. The number of fused-ring (bicyclic) bond motifs is 10. The number of nitrogens with zero attached hydrogens (tertiary/aromatic N) is 1. The predicted molar refractivity (Wildman–Crippen MR) is 242 cm³/mol. The molecule has 2 aliphatic rings. The first kappa shape index (κ1) is 32.6. The molecule has 8 aromatic carbocycles. The fourth-order valence-corrected chi connectivity index (χ4v) is 10.8. The van der Waals surface area contributed by atoms with Gasteiger partial charge in [-0.2, -0.15) is 0 Å². The number of furan rings is 1. The second kappa shape index (κ2) is 12.9. The third kappa shape index (κ3) is 5.23. The van der Waals surface area contributed by atoms with Gasteiger partial charge in [-0.15, -0.1) is 11.3 Å². The van der Waals surface area contributed by atoms with Crippen molar-refractivity contribution >= 4 is 75.6 Å². The summed E-state index contributed by atoms with van der Waals surface area (Å²) in [6.45, 7) is 0. The molecule has 1 unspecified atom stereocenters. The van der Waals surface area contributed by atoms with E-state index in [1.54, 1.807) is 0 Å². The van der Waals surface area contributed by atoms with E-state index in [1.807, 2.05) is 17.4 Å². The lowest BCUT2D eigenvalue weighted by Gasteiger charge is -2.30. The standard InChI is InChI=1S/C54H37NOS/c1-2-16-39(17-3-1)55(50-22-12-21-44-42-19-8-10-23-51(42)56-53(44)50)40-27-25-34(26-28-40)46-32-38(33-49-43-20-9-11-24-52(43)57-54(46)49)45-31-37-15-6-7-18-41(37)47-29-35-13-4-5-14-36(35)30-48(45)47/h1-2,4-16,18-30,32-33,45H,3,17,31H2. The molecule has 10 aromatic rings. The maximum Gasteiger partial charge on any atom is 0.159 e. The summed E-state index contributed by atoms with van der Waals surface area (Å²) in [4.78, 5) is 2.41. The van der Waals surface area contributed by atoms with Crippen LogP contribution in [-0.2, 0) is 6.42 Å². The lowest BCUT2D eigenvalue weighted by Crippen LogP contribution is -2.17. The normalized spacial score (nSPS) is 15.0. The zero-order valence-corrected chi connectivity index (χ0v) is 32.1. The second-order valence-electron chi connectivity index (χ2n) is 15.5. The number of allylic oxidation sites excluding steroid dienone is 4. The van der Waals surface area contributed by atoms with Crippen molar-refractivity contribution in [2.45, 2.75) is 25.2 Å². The highest BCUT2D eigenvalue weighted by molar-refractivity contribution is 7.26. The Bertz CT molecular complexity index is 3290. The molecule has 0 spiro atoms. The molecular formula is C54H37NOS. The van der Waals surface area contributed by atoms with Gasteiger partial charge in [0, 0.05) is 48.2 Å². The van der Waals surface area contributed by atoms with Crippen molar-refractivity contribution in [1.82, 2.24) is 0 Å². The van der Waals surface area contributed by atoms with E-state index in [1.165, 1.54) is 75.6 Å². The Labute approximate surface area is 335 Å². The predicted octanol–water partition coefficient (Wildman–Crippen LogP) is 15.5. The van der Waals surface area contributed by atoms with Crippen LogP contribution in [0.3, 0.4) is 0 Å². The molecule has 1 atom stereocenters. The smallest absolute Gasteiger partial charge is 0.159 e. The lowest BCUT2D eigenvalue weighted by molar-refractivity contribution is 0.668. The van der Waals surface area contributed by atoms with Crippen LogP contribution in [0.5, 0.6) is 0 Å². The molecule has 0 amide bonds. The van der Waals surface area contributed by atoms with E-state index in [-0.39, 0.29) is 5.92 Å². The second-order valence-corrected chi connectivity index (χ2v) is 16.6. The zero-order chi connectivity index (χ0) is 37.5. The molecule has 12 rings (SSSR count). The molecule has 0 aliphatic heterocycles. The number of para-hydroxylation sites is 2. The Morgan fingerprint density at radius 3 is 2.25 bits per heavy atom. The molecule has 2 nitrogen and oxygen atoms in total. The number of rotatable bonds is 5. The Balaban J connectivity index is 1.03. The van der Waals surface area contributed by atoms with Crippen molar-refractivity contribution in [3.8, 4) is 22.3 Å². The molecule has 0 saturated carbocycles. The van der Waals surface area contributed by atoms with Crippen molar-refractivity contribution < 1.29 is 4.42 Å². The molecular weight excluding hydrogens is 711 g/mol. The maximum atomic E-state index is 6.60. The van der Waals surface area contributed by atoms with Gasteiger partial charge in [0.25, 0.3) is 0 Å². The summed E-state index contributed by atoms with van der Waals surface area (Å²) >= 11 is 1.91. The molecule has 0 saturated heterocycles. The van der Waals surface area contributed by atoms with E-state index in [0.717, 1.165) is 52.6 Å². The Kier molecular flexibility index (Phi) is 7.39. The largest absolute Gasteiger partial charge is 0.454 e. The monoisotopic (exact) mass is 747 g/mol. The number of benzene rings is 8. The summed E-state index contributed by atoms with van der Waals surface area (Å²) in [5.41, 5.74) is 14.7. The summed E-state index contributed by atoms with van der Waals surface area (Å²) in [5.74, 6) is 0.228. The first-order valence-electron chi connectivity index (χ1n) is 20.0. The van der Waals surface area contributed by atoms with Gasteiger partial charge in [0.2, 0.25) is 0 Å². The summed E-state index contributed by atoms with van der Waals surface area (Å²) in [7, 11) is 0. The van der Waals surface area contributed by atoms with Crippen LogP contribution in [0.4, 0.5) is 11.4 Å². The van der Waals surface area contributed by atoms with Gasteiger partial charge in [-0.25, -0.2) is 0 Å². The highest BCUT2D eigenvalue weighted by Gasteiger charge is 2.28. The van der Waals surface area contributed by atoms with Gasteiger partial charge in [-0.1, -0.05) is 121 Å². The average Bonchev–Trinajstić information content (AvgIpc) is 3.85. The number of hydrogen-bond acceptors (Lipinski definition) is 3. The molecule has 0 bridgehead atoms. The minimum absolute atomic E-state index is 0.228. The van der Waals surface area contributed by atoms with Gasteiger partial charge in [-0.3, -0.25) is 0 Å². The number of anilines is 2. The molecule has 0 N–H and O–H groups in total. The van der Waals surface area contributed by atoms with Crippen molar-refractivity contribution in [2.75, 3.05) is 4.90 Å². The molecule has 0 radical (unpaired) electrons. The van der Waals surface area contributed by atoms with Gasteiger partial charge in [0.15, 0.2) is 5.58 Å². The van der Waals surface area contributed by atoms with Crippen LogP contribution in [-0.4, -0.2) is 0 Å². The van der Waals surface area contributed by atoms with Crippen LogP contribution >= 0.6 is 11.3 Å². The summed E-state index contributed by atoms with van der Waals surface area (Å²) in [5, 5.41) is 7.54. The van der Waals surface area contributed by atoms with Crippen molar-refractivity contribution in [2.24, 2.45) is 0 Å². The first-order valence-corrected chi connectivity index (χ1v) is 20.8. The molecule has 0 fully saturated rings. The van der Waals surface area contributed by atoms with Crippen LogP contribution in [0, 0.1) is 0 Å². The fraction of sp³-hybridized carbons (Fsp3) is 0.0741. The highest BCUT2D eigenvalue weighted by atomic mass is 32.1. The summed E-state index contributed by atoms with van der Waals surface area (Å²) in [6.07, 6.45) is 9.64. The summed E-state index contributed by atoms with van der Waals surface area (Å²) in [6, 6.07) is 60.8. The quantitative estimate of drug-likeness (QED) is 0.174. The lowest BCUT2D eigenvalue weighted by atomic mass is 9.74. The van der Waals surface area contributed by atoms with Crippen LogP contribution < -0.4 is 4.90 Å². The first-order chi connectivity index (χ1) is 28.2. The molecule has 2 aliphatic carbocycles. The number of thiophene rings is 1. The van der Waals surface area contributed by atoms with Crippen molar-refractivity contribution in [1.29, 1.82) is 0 Å². The minimum atomic E-state index is 0.228. The van der Waals surface area contributed by atoms with E-state index in [4.69, 9.17) is 4.42 Å². The van der Waals surface area contributed by atoms with Crippen LogP contribution in [0.2, 0.25) is 0 Å². The van der Waals surface area contributed by atoms with E-state index >= 15 is 0 Å². The molecule has 2 heterocycles. The van der Waals surface area contributed by atoms with Gasteiger partial charge in [0.05, 0.1) is 5.69 Å². The van der Waals surface area contributed by atoms with E-state index in [2.05, 4.69) is 181 Å². The average molecular weight is 748 g/mol. The van der Waals surface area contributed by atoms with Crippen LogP contribution in [0.15, 0.2) is 192 Å². The van der Waals surface area contributed by atoms with Gasteiger partial charge in [-0.05, 0) is 130 Å². The van der Waals surface area contributed by atoms with E-state index < -0.39 is 0 Å². The number of hydrogen-bond donors (Lipinski definition) is 0. The Morgan fingerprint density at radius 1 is 0.596 bits per heavy atom. The highest BCUT2D eigenvalue weighted by Crippen LogP contribution is 2.49. The fourth-order valence-electron chi connectivity index (χ4n) is 9.57. The van der Waals surface area contributed by atoms with E-state index in [0.29, 0.717) is 0 Å². The van der Waals surface area contributed by atoms with Crippen molar-refractivity contribution in [3.05, 3.63) is 204 Å². The minimum Gasteiger partial charge on any atom is -0.454 e. The van der Waals surface area contributed by atoms with Crippen LogP contribution in [0.1, 0.15) is 35.4 Å². The van der Waals surface area contributed by atoms with Gasteiger partial charge < -0.3 is 9.32 Å². The van der Waals surface area contributed by atoms with Gasteiger partial charge in [0.1, 0.15) is 5.58 Å². The third-order valence-electron chi connectivity index (χ3n) is 12.3. The van der Waals surface area contributed by atoms with Crippen LogP contribution in [0.25, 0.3) is 75.1 Å². The van der Waals surface area contributed by atoms with Crippen molar-refractivity contribution in [3.63, 3.8) is 0 Å². The Morgan fingerprint density at radius 2 is 1.37 bits per heavy atom. The molecule has 57 heavy (non-hydrogen) atoms. The molecule has 270 valence electrons. The summed E-state index contributed by atoms with van der Waals surface area (Å²) < 4.78 is 9.27. The molecule has 3 heteroatoms. The molecule has 2 aromatic heterocycles.